The van der Waals surface area contributed by atoms with Gasteiger partial charge in [0, 0.05) is 46.2 Å². The van der Waals surface area contributed by atoms with Crippen LogP contribution in [0.2, 0.25) is 0 Å². The van der Waals surface area contributed by atoms with E-state index in [0.29, 0.717) is 57.9 Å². The smallest absolute Gasteiger partial charge is 0.305 e. The number of esters is 1. The van der Waals surface area contributed by atoms with Crippen molar-refractivity contribution in [2.24, 2.45) is 4.99 Å². The molecule has 1 fully saturated rings. The highest BCUT2D eigenvalue weighted by Gasteiger charge is 2.25. The molecule has 0 bridgehead atoms. The molecule has 1 N–H and O–H groups in total. The Morgan fingerprint density at radius 2 is 2.00 bits per heavy atom. The molecule has 0 unspecified atom stereocenters. The molecular formula is C17H26N4O4. The van der Waals surface area contributed by atoms with Crippen molar-refractivity contribution in [1.82, 2.24) is 15.1 Å². The average molecular weight is 350 g/mol. The van der Waals surface area contributed by atoms with Crippen LogP contribution in [0.4, 0.5) is 0 Å². The molecule has 1 aliphatic rings. The van der Waals surface area contributed by atoms with Crippen molar-refractivity contribution in [3.8, 4) is 0 Å². The van der Waals surface area contributed by atoms with Crippen molar-refractivity contribution in [1.29, 1.82) is 0 Å². The molecule has 0 saturated carbocycles. The number of aliphatic imine (C=N–C) groups is 1. The second-order valence-electron chi connectivity index (χ2n) is 5.64. The molecule has 0 atom stereocenters. The maximum absolute atomic E-state index is 12.3. The maximum Gasteiger partial charge on any atom is 0.305 e. The molecule has 2 heterocycles. The molecule has 1 aromatic rings. The van der Waals surface area contributed by atoms with Crippen LogP contribution in [0, 0.1) is 0 Å². The van der Waals surface area contributed by atoms with Gasteiger partial charge in [0.2, 0.25) is 0 Å². The van der Waals surface area contributed by atoms with Gasteiger partial charge < -0.3 is 24.3 Å². The van der Waals surface area contributed by atoms with Crippen LogP contribution in [-0.4, -0.2) is 74.0 Å². The van der Waals surface area contributed by atoms with E-state index in [2.05, 4.69) is 15.2 Å². The monoisotopic (exact) mass is 350 g/mol. The summed E-state index contributed by atoms with van der Waals surface area (Å²) >= 11 is 0. The molecule has 25 heavy (non-hydrogen) atoms. The number of carbonyl (C=O) groups is 2. The Kier molecular flexibility index (Phi) is 7.31. The number of carbonyl (C=O) groups excluding carboxylic acids is 2. The lowest BCUT2D eigenvalue weighted by Gasteiger charge is -2.36. The van der Waals surface area contributed by atoms with E-state index in [1.165, 1.54) is 6.26 Å². The molecule has 1 aliphatic heterocycles. The SMILES string of the molecule is CCOC(=O)CCCNC(=NC)N1CCN(C(=O)c2ccco2)CC1. The third-order valence-electron chi connectivity index (χ3n) is 3.96. The molecule has 138 valence electrons. The van der Waals surface area contributed by atoms with Crippen molar-refractivity contribution >= 4 is 17.8 Å². The number of piperazine rings is 1. The van der Waals surface area contributed by atoms with Gasteiger partial charge in [0.1, 0.15) is 0 Å². The van der Waals surface area contributed by atoms with Crippen LogP contribution in [0.15, 0.2) is 27.8 Å². The Bertz CT molecular complexity index is 577. The van der Waals surface area contributed by atoms with Crippen LogP contribution in [0.25, 0.3) is 0 Å². The summed E-state index contributed by atoms with van der Waals surface area (Å²) in [4.78, 5) is 31.7. The number of rotatable bonds is 6. The van der Waals surface area contributed by atoms with Gasteiger partial charge in [-0.25, -0.2) is 0 Å². The zero-order chi connectivity index (χ0) is 18.1. The summed E-state index contributed by atoms with van der Waals surface area (Å²) in [6, 6.07) is 3.39. The molecular weight excluding hydrogens is 324 g/mol. The number of nitrogens with zero attached hydrogens (tertiary/aromatic N) is 3. The van der Waals surface area contributed by atoms with Crippen molar-refractivity contribution in [3.05, 3.63) is 24.2 Å². The highest BCUT2D eigenvalue weighted by atomic mass is 16.5. The van der Waals surface area contributed by atoms with Gasteiger partial charge in [-0.1, -0.05) is 0 Å². The Morgan fingerprint density at radius 3 is 2.60 bits per heavy atom. The Hall–Kier alpha value is -2.51. The van der Waals surface area contributed by atoms with E-state index >= 15 is 0 Å². The van der Waals surface area contributed by atoms with Crippen molar-refractivity contribution < 1.29 is 18.7 Å². The molecule has 0 spiro atoms. The second kappa shape index (κ2) is 9.71. The van der Waals surface area contributed by atoms with Gasteiger partial charge in [0.15, 0.2) is 11.7 Å². The fraction of sp³-hybridized carbons (Fsp3) is 0.588. The van der Waals surface area contributed by atoms with Crippen molar-refractivity contribution in [3.63, 3.8) is 0 Å². The maximum atomic E-state index is 12.3. The first-order valence-electron chi connectivity index (χ1n) is 8.59. The van der Waals surface area contributed by atoms with Crippen molar-refractivity contribution in [2.75, 3.05) is 46.4 Å². The third kappa shape index (κ3) is 5.51. The van der Waals surface area contributed by atoms with Crippen LogP contribution in [-0.2, 0) is 9.53 Å². The predicted molar refractivity (Wildman–Crippen MR) is 93.4 cm³/mol. The molecule has 1 saturated heterocycles. The van der Waals surface area contributed by atoms with E-state index in [9.17, 15) is 9.59 Å². The predicted octanol–water partition coefficient (Wildman–Crippen LogP) is 0.956. The Morgan fingerprint density at radius 1 is 1.28 bits per heavy atom. The normalized spacial score (nSPS) is 15.2. The number of guanidine groups is 1. The molecule has 8 nitrogen and oxygen atoms in total. The molecule has 0 aromatic carbocycles. The third-order valence-corrected chi connectivity index (χ3v) is 3.96. The van der Waals surface area contributed by atoms with Crippen LogP contribution in [0.3, 0.4) is 0 Å². The number of ether oxygens (including phenoxy) is 1. The summed E-state index contributed by atoms with van der Waals surface area (Å²) in [6.07, 6.45) is 2.59. The molecule has 8 heteroatoms. The van der Waals surface area contributed by atoms with E-state index in [-0.39, 0.29) is 11.9 Å². The van der Waals surface area contributed by atoms with Crippen LogP contribution in [0.1, 0.15) is 30.3 Å². The highest BCUT2D eigenvalue weighted by molar-refractivity contribution is 5.91. The zero-order valence-electron chi connectivity index (χ0n) is 14.9. The first-order chi connectivity index (χ1) is 12.2. The number of nitrogens with one attached hydrogen (secondary N) is 1. The van der Waals surface area contributed by atoms with E-state index in [1.54, 1.807) is 31.0 Å². The van der Waals surface area contributed by atoms with Gasteiger partial charge in [0.25, 0.3) is 5.91 Å². The van der Waals surface area contributed by atoms with Gasteiger partial charge >= 0.3 is 5.97 Å². The van der Waals surface area contributed by atoms with Gasteiger partial charge in [0.05, 0.1) is 12.9 Å². The second-order valence-corrected chi connectivity index (χ2v) is 5.64. The quantitative estimate of drug-likeness (QED) is 0.356. The van der Waals surface area contributed by atoms with E-state index in [0.717, 1.165) is 5.96 Å². The van der Waals surface area contributed by atoms with E-state index in [1.807, 2.05) is 0 Å². The van der Waals surface area contributed by atoms with Gasteiger partial charge in [-0.05, 0) is 25.5 Å². The standard InChI is InChI=1S/C17H26N4O4/c1-3-24-15(22)7-4-8-19-17(18-2)21-11-9-20(10-12-21)16(23)14-6-5-13-25-14/h5-6,13H,3-4,7-12H2,1-2H3,(H,18,19). The molecule has 1 aromatic heterocycles. The highest BCUT2D eigenvalue weighted by Crippen LogP contribution is 2.09. The summed E-state index contributed by atoms with van der Waals surface area (Å²) < 4.78 is 10.1. The van der Waals surface area contributed by atoms with Crippen LogP contribution < -0.4 is 5.32 Å². The number of furan rings is 1. The minimum Gasteiger partial charge on any atom is -0.466 e. The molecule has 1 amide bonds. The fourth-order valence-electron chi connectivity index (χ4n) is 2.68. The summed E-state index contributed by atoms with van der Waals surface area (Å²) in [7, 11) is 1.73. The summed E-state index contributed by atoms with van der Waals surface area (Å²) in [6.45, 7) is 5.49. The first-order valence-corrected chi connectivity index (χ1v) is 8.59. The van der Waals surface area contributed by atoms with Gasteiger partial charge in [-0.15, -0.1) is 0 Å². The first kappa shape index (κ1) is 18.8. The Labute approximate surface area is 147 Å². The minimum absolute atomic E-state index is 0.0815. The number of hydrogen-bond acceptors (Lipinski definition) is 5. The summed E-state index contributed by atoms with van der Waals surface area (Å²) in [5, 5.41) is 3.25. The zero-order valence-corrected chi connectivity index (χ0v) is 14.9. The summed E-state index contributed by atoms with van der Waals surface area (Å²) in [5.41, 5.74) is 0. The lowest BCUT2D eigenvalue weighted by molar-refractivity contribution is -0.143. The van der Waals surface area contributed by atoms with E-state index in [4.69, 9.17) is 9.15 Å². The molecule has 0 radical (unpaired) electrons. The minimum atomic E-state index is -0.177. The van der Waals surface area contributed by atoms with E-state index < -0.39 is 0 Å². The van der Waals surface area contributed by atoms with Crippen molar-refractivity contribution in [2.45, 2.75) is 19.8 Å². The fourth-order valence-corrected chi connectivity index (χ4v) is 2.68. The van der Waals surface area contributed by atoms with Gasteiger partial charge in [-0.2, -0.15) is 0 Å². The largest absolute Gasteiger partial charge is 0.466 e. The lowest BCUT2D eigenvalue weighted by Crippen LogP contribution is -2.53. The van der Waals surface area contributed by atoms with Crippen LogP contribution >= 0.6 is 0 Å². The van der Waals surface area contributed by atoms with Crippen LogP contribution in [0.5, 0.6) is 0 Å². The number of hydrogen-bond donors (Lipinski definition) is 1. The molecule has 0 aliphatic carbocycles. The topological polar surface area (TPSA) is 87.4 Å². The average Bonchev–Trinajstić information content (AvgIpc) is 3.16. The van der Waals surface area contributed by atoms with Gasteiger partial charge in [-0.3, -0.25) is 14.6 Å². The molecule has 2 rings (SSSR count). The summed E-state index contributed by atoms with van der Waals surface area (Å²) in [5.74, 6) is 0.898. The Balaban J connectivity index is 1.72. The lowest BCUT2D eigenvalue weighted by atomic mass is 10.3. The number of amides is 1.